The Bertz CT molecular complexity index is 1140. The van der Waals surface area contributed by atoms with Gasteiger partial charge in [0.25, 0.3) is 5.91 Å². The maximum Gasteiger partial charge on any atom is 0.416 e. The molecule has 206 valence electrons. The van der Waals surface area contributed by atoms with Crippen LogP contribution in [0.5, 0.6) is 0 Å². The van der Waals surface area contributed by atoms with Crippen LogP contribution in [0.1, 0.15) is 61.0 Å². The van der Waals surface area contributed by atoms with E-state index in [1.54, 1.807) is 4.90 Å². The van der Waals surface area contributed by atoms with Crippen molar-refractivity contribution in [3.8, 4) is 0 Å². The molecule has 1 aromatic carbocycles. The van der Waals surface area contributed by atoms with Gasteiger partial charge in [0.2, 0.25) is 0 Å². The molecule has 2 aliphatic rings. The zero-order valence-electron chi connectivity index (χ0n) is 21.4. The summed E-state index contributed by atoms with van der Waals surface area (Å²) in [5.74, 6) is -0.104. The van der Waals surface area contributed by atoms with Gasteiger partial charge in [0.15, 0.2) is 0 Å². The van der Waals surface area contributed by atoms with Crippen LogP contribution in [0, 0.1) is 5.92 Å². The van der Waals surface area contributed by atoms with Crippen molar-refractivity contribution in [3.63, 3.8) is 0 Å². The van der Waals surface area contributed by atoms with Crippen molar-refractivity contribution in [2.75, 3.05) is 32.8 Å². The lowest BCUT2D eigenvalue weighted by Crippen LogP contribution is -2.56. The molecule has 3 heterocycles. The van der Waals surface area contributed by atoms with Gasteiger partial charge >= 0.3 is 6.18 Å². The Balaban J connectivity index is 1.39. The van der Waals surface area contributed by atoms with Gasteiger partial charge in [-0.05, 0) is 70.3 Å². The monoisotopic (exact) mass is 570 g/mol. The number of hydrogen-bond donors (Lipinski definition) is 0. The number of carbonyl (C=O) groups is 1. The Morgan fingerprint density at radius 3 is 2.18 bits per heavy atom. The number of aromatic nitrogens is 1. The molecule has 0 N–H and O–H groups in total. The summed E-state index contributed by atoms with van der Waals surface area (Å²) < 4.78 is 39.1. The third-order valence-electron chi connectivity index (χ3n) is 7.64. The second-order valence-electron chi connectivity index (χ2n) is 10.00. The predicted octanol–water partition coefficient (Wildman–Crippen LogP) is 6.55. The largest absolute Gasteiger partial charge is 0.416 e. The van der Waals surface area contributed by atoms with Crippen molar-refractivity contribution in [2.24, 2.45) is 11.1 Å². The molecule has 11 heteroatoms. The van der Waals surface area contributed by atoms with Crippen molar-refractivity contribution in [3.05, 3.63) is 63.4 Å². The minimum Gasteiger partial charge on any atom is -0.396 e. The van der Waals surface area contributed by atoms with Gasteiger partial charge in [-0.25, -0.2) is 0 Å². The van der Waals surface area contributed by atoms with Gasteiger partial charge in [-0.2, -0.15) is 13.2 Å². The molecule has 1 aromatic heterocycles. The zero-order chi connectivity index (χ0) is 27.5. The minimum atomic E-state index is -4.38. The molecule has 0 unspecified atom stereocenters. The summed E-state index contributed by atoms with van der Waals surface area (Å²) in [6, 6.07) is 5.13. The van der Waals surface area contributed by atoms with Crippen LogP contribution >= 0.6 is 23.2 Å². The summed E-state index contributed by atoms with van der Waals surface area (Å²) in [7, 11) is 0. The van der Waals surface area contributed by atoms with E-state index in [2.05, 4.69) is 22.0 Å². The van der Waals surface area contributed by atoms with E-state index in [1.165, 1.54) is 24.5 Å². The summed E-state index contributed by atoms with van der Waals surface area (Å²) in [6.45, 7) is 7.26. The number of alkyl halides is 3. The average molecular weight is 571 g/mol. The first-order chi connectivity index (χ1) is 18.0. The Hall–Kier alpha value is -2.36. The van der Waals surface area contributed by atoms with Gasteiger partial charge in [-0.15, -0.1) is 0 Å². The van der Waals surface area contributed by atoms with Crippen molar-refractivity contribution in [1.29, 1.82) is 0 Å². The van der Waals surface area contributed by atoms with Crippen LogP contribution in [-0.4, -0.2) is 64.7 Å². The van der Waals surface area contributed by atoms with Crippen molar-refractivity contribution < 1.29 is 22.8 Å². The fourth-order valence-electron chi connectivity index (χ4n) is 5.30. The highest BCUT2D eigenvalue weighted by Crippen LogP contribution is 2.35. The van der Waals surface area contributed by atoms with Gasteiger partial charge in [-0.1, -0.05) is 40.5 Å². The molecule has 0 aliphatic carbocycles. The van der Waals surface area contributed by atoms with Crippen LogP contribution in [0.15, 0.2) is 41.8 Å². The first-order valence-electron chi connectivity index (χ1n) is 12.7. The van der Waals surface area contributed by atoms with E-state index in [4.69, 9.17) is 28.0 Å². The van der Waals surface area contributed by atoms with Crippen LogP contribution in [0.2, 0.25) is 10.0 Å². The molecule has 2 aliphatic heterocycles. The molecule has 4 rings (SSSR count). The molecule has 2 saturated heterocycles. The molecule has 6 nitrogen and oxygen atoms in total. The highest BCUT2D eigenvalue weighted by molar-refractivity contribution is 6.39. The quantitative estimate of drug-likeness (QED) is 0.291. The topological polar surface area (TPSA) is 58.0 Å². The second-order valence-corrected chi connectivity index (χ2v) is 10.8. The van der Waals surface area contributed by atoms with E-state index in [9.17, 15) is 18.0 Å². The lowest BCUT2D eigenvalue weighted by Gasteiger charge is -2.49. The smallest absolute Gasteiger partial charge is 0.396 e. The molecule has 0 radical (unpaired) electrons. The first kappa shape index (κ1) is 28.6. The number of pyridine rings is 1. The number of likely N-dealkylation sites (tertiary alicyclic amines) is 2. The molecule has 0 atom stereocenters. The molecule has 0 bridgehead atoms. The molecule has 2 fully saturated rings. The summed E-state index contributed by atoms with van der Waals surface area (Å²) in [6.07, 6.45) is 1.71. The van der Waals surface area contributed by atoms with Gasteiger partial charge in [0, 0.05) is 36.9 Å². The van der Waals surface area contributed by atoms with Crippen molar-refractivity contribution >= 4 is 34.8 Å². The second kappa shape index (κ2) is 11.8. The Morgan fingerprint density at radius 2 is 1.66 bits per heavy atom. The molecular formula is C27H31Cl2F3N4O2. The predicted molar refractivity (Wildman–Crippen MR) is 142 cm³/mol. The van der Waals surface area contributed by atoms with Crippen LogP contribution in [0.25, 0.3) is 0 Å². The number of rotatable bonds is 6. The standard InChI is InChI=1S/C27H31Cl2F3N4O2/c1-3-38-34-24(18-4-6-20(7-5-18)27(30,31)32)19-8-12-36(13-9-19)26(2)10-14-35(15-11-26)25(37)23-21(28)16-33-17-22(23)29/h4-7,16-17,19H,3,8-15H2,1-2H3/b34-24+. The SMILES string of the molecule is CCO/N=C(\c1ccc(C(F)(F)F)cc1)C1CCN(C2(C)CCN(C(=O)c3c(Cl)cncc3Cl)CC2)CC1. The molecular weight excluding hydrogens is 540 g/mol. The normalized spacial score (nSPS) is 19.4. The fourth-order valence-corrected chi connectivity index (χ4v) is 5.83. The van der Waals surface area contributed by atoms with E-state index in [-0.39, 0.29) is 33.0 Å². The third-order valence-corrected chi connectivity index (χ3v) is 8.21. The van der Waals surface area contributed by atoms with Crippen LogP contribution in [-0.2, 0) is 11.0 Å². The van der Waals surface area contributed by atoms with Gasteiger partial charge < -0.3 is 9.74 Å². The number of benzene rings is 1. The van der Waals surface area contributed by atoms with Crippen molar-refractivity contribution in [2.45, 2.75) is 51.2 Å². The number of amides is 1. The molecule has 0 spiro atoms. The summed E-state index contributed by atoms with van der Waals surface area (Å²) >= 11 is 12.4. The van der Waals surface area contributed by atoms with Crippen LogP contribution in [0.3, 0.4) is 0 Å². The van der Waals surface area contributed by atoms with Gasteiger partial charge in [-0.3, -0.25) is 14.7 Å². The molecule has 2 aromatic rings. The number of piperidine rings is 2. The first-order valence-corrected chi connectivity index (χ1v) is 13.5. The third kappa shape index (κ3) is 6.26. The minimum absolute atomic E-state index is 0.0703. The van der Waals surface area contributed by atoms with Gasteiger partial charge in [0.05, 0.1) is 26.9 Å². The average Bonchev–Trinajstić information content (AvgIpc) is 2.89. The van der Waals surface area contributed by atoms with E-state index in [0.29, 0.717) is 31.0 Å². The molecule has 1 amide bonds. The van der Waals surface area contributed by atoms with E-state index in [0.717, 1.165) is 50.9 Å². The highest BCUT2D eigenvalue weighted by Gasteiger charge is 2.40. The summed E-state index contributed by atoms with van der Waals surface area (Å²) in [5.41, 5.74) is 0.877. The number of oxime groups is 1. The Kier molecular flexibility index (Phi) is 8.89. The number of carbonyl (C=O) groups excluding carboxylic acids is 1. The number of hydrogen-bond acceptors (Lipinski definition) is 5. The summed E-state index contributed by atoms with van der Waals surface area (Å²) in [4.78, 5) is 26.6. The number of nitrogens with zero attached hydrogens (tertiary/aromatic N) is 4. The van der Waals surface area contributed by atoms with Crippen LogP contribution in [0.4, 0.5) is 13.2 Å². The van der Waals surface area contributed by atoms with E-state index >= 15 is 0 Å². The maximum absolute atomic E-state index is 13.1. The Labute approximate surface area is 230 Å². The van der Waals surface area contributed by atoms with E-state index < -0.39 is 11.7 Å². The molecule has 0 saturated carbocycles. The van der Waals surface area contributed by atoms with Crippen molar-refractivity contribution in [1.82, 2.24) is 14.8 Å². The highest BCUT2D eigenvalue weighted by atomic mass is 35.5. The number of halogens is 5. The van der Waals surface area contributed by atoms with Gasteiger partial charge in [0.1, 0.15) is 6.61 Å². The zero-order valence-corrected chi connectivity index (χ0v) is 22.9. The lowest BCUT2D eigenvalue weighted by atomic mass is 9.82. The van der Waals surface area contributed by atoms with Crippen LogP contribution < -0.4 is 0 Å². The fraction of sp³-hybridized carbons (Fsp3) is 0.519. The molecule has 38 heavy (non-hydrogen) atoms. The maximum atomic E-state index is 13.1. The Morgan fingerprint density at radius 1 is 1.08 bits per heavy atom. The lowest BCUT2D eigenvalue weighted by molar-refractivity contribution is -0.137. The van der Waals surface area contributed by atoms with E-state index in [1.807, 2.05) is 6.92 Å². The summed E-state index contributed by atoms with van der Waals surface area (Å²) in [5, 5.41) is 4.79.